The second-order valence-corrected chi connectivity index (χ2v) is 10.5. The normalized spacial score (nSPS) is 11.1. The summed E-state index contributed by atoms with van der Waals surface area (Å²) in [7, 11) is 0. The number of halogens is 3. The van der Waals surface area contributed by atoms with Gasteiger partial charge in [-0.3, -0.25) is 4.79 Å². The van der Waals surface area contributed by atoms with Crippen molar-refractivity contribution in [1.29, 1.82) is 5.26 Å². The number of carbonyl (C=O) groups is 1. The number of nitrogens with zero attached hydrogens (tertiary/aromatic N) is 1. The Morgan fingerprint density at radius 2 is 1.55 bits per heavy atom. The number of amides is 1. The minimum Gasteiger partial charge on any atom is -0.489 e. The fraction of sp³-hybridized carbons (Fsp3) is 0.0588. The molecule has 0 fully saturated rings. The third-order valence-corrected chi connectivity index (χ3v) is 7.30. The average molecular weight is 614 g/mol. The zero-order chi connectivity index (χ0) is 29.5. The number of hydrogen-bond donors (Lipinski definition) is 1. The lowest BCUT2D eigenvalue weighted by Gasteiger charge is -2.11. The molecule has 0 aliphatic carbocycles. The first kappa shape index (κ1) is 29.0. The van der Waals surface area contributed by atoms with E-state index in [-0.39, 0.29) is 12.2 Å². The smallest absolute Gasteiger partial charge is 0.266 e. The Hall–Kier alpha value is -4.47. The van der Waals surface area contributed by atoms with Gasteiger partial charge >= 0.3 is 0 Å². The molecular formula is C34H23Cl3N2O3. The summed E-state index contributed by atoms with van der Waals surface area (Å²) < 4.78 is 11.8. The lowest BCUT2D eigenvalue weighted by atomic mass is 10.1. The highest BCUT2D eigenvalue weighted by atomic mass is 35.5. The Kier molecular flexibility index (Phi) is 9.31. The van der Waals surface area contributed by atoms with Crippen LogP contribution in [0.4, 0.5) is 5.69 Å². The fourth-order valence-corrected chi connectivity index (χ4v) is 4.95. The molecule has 0 saturated carbocycles. The van der Waals surface area contributed by atoms with E-state index in [9.17, 15) is 10.1 Å². The first-order valence-electron chi connectivity index (χ1n) is 12.9. The standard InChI is InChI=1S/C34H23Cl3N2O3/c35-27-10-9-25(31(36)18-27)21-41-29-13-11-28(12-14-29)39-34(40)26(19-38)16-22-8-15-33(32(37)17-22)42-20-24-6-3-5-23-4-1-2-7-30(23)24/h1-18H,20-21H2,(H,39,40)/b26-16+. The lowest BCUT2D eigenvalue weighted by Crippen LogP contribution is -2.13. The molecule has 0 spiro atoms. The summed E-state index contributed by atoms with van der Waals surface area (Å²) in [6.07, 6.45) is 1.48. The van der Waals surface area contributed by atoms with Gasteiger partial charge in [0.2, 0.25) is 0 Å². The predicted molar refractivity (Wildman–Crippen MR) is 169 cm³/mol. The topological polar surface area (TPSA) is 71.3 Å². The van der Waals surface area contributed by atoms with E-state index in [0.717, 1.165) is 21.9 Å². The number of nitriles is 1. The van der Waals surface area contributed by atoms with Crippen molar-refractivity contribution in [2.45, 2.75) is 13.2 Å². The highest BCUT2D eigenvalue weighted by molar-refractivity contribution is 6.35. The second kappa shape index (κ2) is 13.5. The van der Waals surface area contributed by atoms with Crippen molar-refractivity contribution in [3.63, 3.8) is 0 Å². The van der Waals surface area contributed by atoms with Crippen LogP contribution in [-0.2, 0) is 18.0 Å². The van der Waals surface area contributed by atoms with Gasteiger partial charge in [0.15, 0.2) is 0 Å². The van der Waals surface area contributed by atoms with Crippen LogP contribution in [0.5, 0.6) is 11.5 Å². The Morgan fingerprint density at radius 3 is 2.31 bits per heavy atom. The monoisotopic (exact) mass is 612 g/mol. The highest BCUT2D eigenvalue weighted by Crippen LogP contribution is 2.29. The Morgan fingerprint density at radius 1 is 0.786 bits per heavy atom. The van der Waals surface area contributed by atoms with E-state index in [1.807, 2.05) is 30.3 Å². The minimum absolute atomic E-state index is 0.0757. The summed E-state index contributed by atoms with van der Waals surface area (Å²) >= 11 is 18.6. The van der Waals surface area contributed by atoms with Crippen LogP contribution in [0.2, 0.25) is 15.1 Å². The summed E-state index contributed by atoms with van der Waals surface area (Å²) in [4.78, 5) is 12.8. The van der Waals surface area contributed by atoms with E-state index < -0.39 is 5.91 Å². The van der Waals surface area contributed by atoms with Crippen molar-refractivity contribution in [3.8, 4) is 17.6 Å². The summed E-state index contributed by atoms with van der Waals surface area (Å²) in [5, 5.41) is 16.1. The molecule has 5 rings (SSSR count). The maximum absolute atomic E-state index is 12.8. The predicted octanol–water partition coefficient (Wildman–Crippen LogP) is 9.50. The highest BCUT2D eigenvalue weighted by Gasteiger charge is 2.12. The largest absolute Gasteiger partial charge is 0.489 e. The van der Waals surface area contributed by atoms with Crippen molar-refractivity contribution < 1.29 is 14.3 Å². The Labute approximate surface area is 258 Å². The van der Waals surface area contributed by atoms with Gasteiger partial charge in [0, 0.05) is 21.3 Å². The van der Waals surface area contributed by atoms with E-state index in [2.05, 4.69) is 23.5 Å². The van der Waals surface area contributed by atoms with Gasteiger partial charge in [0.05, 0.1) is 5.02 Å². The number of nitrogens with one attached hydrogen (secondary N) is 1. The number of benzene rings is 5. The molecule has 0 saturated heterocycles. The molecule has 8 heteroatoms. The molecule has 1 amide bonds. The number of carbonyl (C=O) groups excluding carboxylic acids is 1. The summed E-state index contributed by atoms with van der Waals surface area (Å²) in [5.41, 5.74) is 2.86. The average Bonchev–Trinajstić information content (AvgIpc) is 2.99. The molecule has 0 atom stereocenters. The van der Waals surface area contributed by atoms with Crippen molar-refractivity contribution in [2.24, 2.45) is 0 Å². The molecule has 0 unspecified atom stereocenters. The summed E-state index contributed by atoms with van der Waals surface area (Å²) in [6.45, 7) is 0.611. The van der Waals surface area contributed by atoms with Gasteiger partial charge in [-0.05, 0) is 76.5 Å². The van der Waals surface area contributed by atoms with Gasteiger partial charge in [0.1, 0.15) is 36.4 Å². The molecular weight excluding hydrogens is 591 g/mol. The number of ether oxygens (including phenoxy) is 2. The van der Waals surface area contributed by atoms with E-state index >= 15 is 0 Å². The van der Waals surface area contributed by atoms with E-state index in [1.54, 1.807) is 60.7 Å². The van der Waals surface area contributed by atoms with Crippen LogP contribution in [0, 0.1) is 11.3 Å². The molecule has 1 N–H and O–H groups in total. The molecule has 5 aromatic carbocycles. The molecule has 42 heavy (non-hydrogen) atoms. The SMILES string of the molecule is N#C/C(=C\c1ccc(OCc2cccc3ccccc23)c(Cl)c1)C(=O)Nc1ccc(OCc2ccc(Cl)cc2Cl)cc1. The maximum atomic E-state index is 12.8. The van der Waals surface area contributed by atoms with Crippen molar-refractivity contribution in [3.05, 3.63) is 140 Å². The molecule has 0 aliphatic rings. The molecule has 0 bridgehead atoms. The third kappa shape index (κ3) is 7.23. The molecule has 0 radical (unpaired) electrons. The fourth-order valence-electron chi connectivity index (χ4n) is 4.25. The summed E-state index contributed by atoms with van der Waals surface area (Å²) in [5.74, 6) is 0.546. The van der Waals surface area contributed by atoms with Crippen LogP contribution in [0.15, 0.2) is 109 Å². The van der Waals surface area contributed by atoms with Crippen LogP contribution in [0.25, 0.3) is 16.8 Å². The van der Waals surface area contributed by atoms with Crippen LogP contribution in [0.1, 0.15) is 16.7 Å². The minimum atomic E-state index is -0.550. The van der Waals surface area contributed by atoms with Crippen LogP contribution >= 0.6 is 34.8 Å². The first-order valence-corrected chi connectivity index (χ1v) is 14.0. The zero-order valence-corrected chi connectivity index (χ0v) is 24.4. The van der Waals surface area contributed by atoms with E-state index in [1.165, 1.54) is 6.08 Å². The second-order valence-electron chi connectivity index (χ2n) is 9.29. The van der Waals surface area contributed by atoms with Gasteiger partial charge < -0.3 is 14.8 Å². The van der Waals surface area contributed by atoms with Gasteiger partial charge in [0.25, 0.3) is 5.91 Å². The number of rotatable bonds is 9. The zero-order valence-electron chi connectivity index (χ0n) is 22.1. The van der Waals surface area contributed by atoms with Gasteiger partial charge in [-0.1, -0.05) is 89.4 Å². The number of anilines is 1. The van der Waals surface area contributed by atoms with Crippen LogP contribution < -0.4 is 14.8 Å². The van der Waals surface area contributed by atoms with Gasteiger partial charge in [-0.15, -0.1) is 0 Å². The quantitative estimate of drug-likeness (QED) is 0.133. The molecule has 5 nitrogen and oxygen atoms in total. The van der Waals surface area contributed by atoms with E-state index in [0.29, 0.717) is 44.4 Å². The molecule has 208 valence electrons. The van der Waals surface area contributed by atoms with Crippen molar-refractivity contribution in [1.82, 2.24) is 0 Å². The third-order valence-electron chi connectivity index (χ3n) is 6.42. The van der Waals surface area contributed by atoms with Crippen LogP contribution in [-0.4, -0.2) is 5.91 Å². The Balaban J connectivity index is 1.20. The Bertz CT molecular complexity index is 1820. The molecule has 0 aromatic heterocycles. The molecule has 0 heterocycles. The summed E-state index contributed by atoms with van der Waals surface area (Å²) in [6, 6.07) is 33.3. The number of hydrogen-bond acceptors (Lipinski definition) is 4. The van der Waals surface area contributed by atoms with Crippen LogP contribution in [0.3, 0.4) is 0 Å². The van der Waals surface area contributed by atoms with E-state index in [4.69, 9.17) is 44.3 Å². The van der Waals surface area contributed by atoms with Gasteiger partial charge in [-0.2, -0.15) is 5.26 Å². The molecule has 0 aliphatic heterocycles. The number of fused-ring (bicyclic) bond motifs is 1. The van der Waals surface area contributed by atoms with Crippen molar-refractivity contribution >= 4 is 63.2 Å². The maximum Gasteiger partial charge on any atom is 0.266 e. The lowest BCUT2D eigenvalue weighted by molar-refractivity contribution is -0.112. The van der Waals surface area contributed by atoms with Gasteiger partial charge in [-0.25, -0.2) is 0 Å². The van der Waals surface area contributed by atoms with Crippen molar-refractivity contribution in [2.75, 3.05) is 5.32 Å². The first-order chi connectivity index (χ1) is 20.4. The molecule has 5 aromatic rings.